The van der Waals surface area contributed by atoms with E-state index in [4.69, 9.17) is 10.00 Å². The van der Waals surface area contributed by atoms with Crippen LogP contribution in [0.1, 0.15) is 37.6 Å². The van der Waals surface area contributed by atoms with Crippen molar-refractivity contribution in [2.75, 3.05) is 6.61 Å². The molecule has 0 N–H and O–H groups in total. The Bertz CT molecular complexity index is 401. The second-order valence-electron chi connectivity index (χ2n) is 4.38. The van der Waals surface area contributed by atoms with Crippen LogP contribution in [0.4, 0.5) is 0 Å². The molecule has 0 aromatic carbocycles. The zero-order chi connectivity index (χ0) is 12.1. The summed E-state index contributed by atoms with van der Waals surface area (Å²) in [5.74, 6) is 0. The summed E-state index contributed by atoms with van der Waals surface area (Å²) in [6, 6.07) is 2.14. The molecule has 0 amide bonds. The zero-order valence-electron chi connectivity index (χ0n) is 10.2. The van der Waals surface area contributed by atoms with Gasteiger partial charge in [-0.1, -0.05) is 18.6 Å². The van der Waals surface area contributed by atoms with Gasteiger partial charge in [0.25, 0.3) is 0 Å². The summed E-state index contributed by atoms with van der Waals surface area (Å²) in [5, 5.41) is 17.0. The van der Waals surface area contributed by atoms with Crippen LogP contribution in [0.5, 0.6) is 0 Å². The van der Waals surface area contributed by atoms with Gasteiger partial charge in [-0.15, -0.1) is 5.10 Å². The van der Waals surface area contributed by atoms with Crippen molar-refractivity contribution in [3.05, 3.63) is 11.4 Å². The van der Waals surface area contributed by atoms with E-state index in [0.717, 1.165) is 50.2 Å². The highest BCUT2D eigenvalue weighted by Gasteiger charge is 2.19. The van der Waals surface area contributed by atoms with Crippen LogP contribution in [0.3, 0.4) is 0 Å². The Kier molecular flexibility index (Phi) is 4.10. The van der Waals surface area contributed by atoms with Crippen LogP contribution < -0.4 is 0 Å². The molecule has 2 heterocycles. The highest BCUT2D eigenvalue weighted by molar-refractivity contribution is 5.14. The number of nitrogens with zero attached hydrogens (tertiary/aromatic N) is 4. The number of nitriles is 1. The molecule has 0 aliphatic carbocycles. The van der Waals surface area contributed by atoms with Crippen LogP contribution in [0, 0.1) is 11.3 Å². The summed E-state index contributed by atoms with van der Waals surface area (Å²) in [4.78, 5) is 0. The second-order valence-corrected chi connectivity index (χ2v) is 4.38. The van der Waals surface area contributed by atoms with Crippen LogP contribution in [-0.4, -0.2) is 27.7 Å². The molecule has 0 saturated carbocycles. The zero-order valence-corrected chi connectivity index (χ0v) is 10.2. The summed E-state index contributed by atoms with van der Waals surface area (Å²) in [5.41, 5.74) is 1.93. The van der Waals surface area contributed by atoms with Gasteiger partial charge >= 0.3 is 0 Å². The third-order valence-electron chi connectivity index (χ3n) is 3.05. The average molecular weight is 234 g/mol. The Morgan fingerprint density at radius 2 is 2.47 bits per heavy atom. The molecule has 0 bridgehead atoms. The Morgan fingerprint density at radius 3 is 3.12 bits per heavy atom. The lowest BCUT2D eigenvalue weighted by molar-refractivity contribution is 0.0927. The van der Waals surface area contributed by atoms with Gasteiger partial charge < -0.3 is 4.74 Å². The van der Waals surface area contributed by atoms with Crippen molar-refractivity contribution in [1.29, 1.82) is 5.26 Å². The summed E-state index contributed by atoms with van der Waals surface area (Å²) < 4.78 is 7.53. The van der Waals surface area contributed by atoms with Crippen molar-refractivity contribution >= 4 is 0 Å². The Labute approximate surface area is 101 Å². The lowest BCUT2D eigenvalue weighted by Gasteiger charge is -2.11. The Hall–Kier alpha value is -1.41. The number of rotatable bonds is 5. The van der Waals surface area contributed by atoms with Gasteiger partial charge in [-0.2, -0.15) is 5.26 Å². The average Bonchev–Trinajstić information content (AvgIpc) is 2.94. The SMILES string of the molecule is CCCc1c(CC#N)nnn1CC1CCCO1. The van der Waals surface area contributed by atoms with Gasteiger partial charge in [-0.3, -0.25) is 0 Å². The van der Waals surface area contributed by atoms with E-state index in [-0.39, 0.29) is 6.10 Å². The van der Waals surface area contributed by atoms with Gasteiger partial charge in [0.1, 0.15) is 0 Å². The fraction of sp³-hybridized carbons (Fsp3) is 0.750. The lowest BCUT2D eigenvalue weighted by Crippen LogP contribution is -2.18. The molecule has 5 nitrogen and oxygen atoms in total. The van der Waals surface area contributed by atoms with Crippen molar-refractivity contribution in [3.63, 3.8) is 0 Å². The molecule has 1 unspecified atom stereocenters. The molecule has 17 heavy (non-hydrogen) atoms. The van der Waals surface area contributed by atoms with Gasteiger partial charge in [0.15, 0.2) is 0 Å². The maximum atomic E-state index is 8.75. The highest BCUT2D eigenvalue weighted by atomic mass is 16.5. The topological polar surface area (TPSA) is 63.7 Å². The standard InChI is InChI=1S/C12H18N4O/c1-2-4-12-11(6-7-13)14-15-16(12)9-10-5-3-8-17-10/h10H,2-6,8-9H2,1H3. The number of ether oxygens (including phenoxy) is 1. The van der Waals surface area contributed by atoms with Gasteiger partial charge in [-0.05, 0) is 19.3 Å². The van der Waals surface area contributed by atoms with Gasteiger partial charge in [0, 0.05) is 6.61 Å². The Balaban J connectivity index is 2.11. The smallest absolute Gasteiger partial charge is 0.0999 e. The maximum Gasteiger partial charge on any atom is 0.0999 e. The van der Waals surface area contributed by atoms with Crippen molar-refractivity contribution in [2.24, 2.45) is 0 Å². The third-order valence-corrected chi connectivity index (χ3v) is 3.05. The summed E-state index contributed by atoms with van der Waals surface area (Å²) in [6.45, 7) is 3.75. The molecule has 1 aromatic heterocycles. The van der Waals surface area contributed by atoms with Crippen LogP contribution >= 0.6 is 0 Å². The number of aromatic nitrogens is 3. The monoisotopic (exact) mass is 234 g/mol. The fourth-order valence-corrected chi connectivity index (χ4v) is 2.22. The van der Waals surface area contributed by atoms with E-state index in [1.807, 2.05) is 4.68 Å². The first-order valence-corrected chi connectivity index (χ1v) is 6.25. The molecule has 2 rings (SSSR count). The molecular formula is C12H18N4O. The molecule has 1 aromatic rings. The summed E-state index contributed by atoms with van der Waals surface area (Å²) >= 11 is 0. The second kappa shape index (κ2) is 5.78. The number of hydrogen-bond acceptors (Lipinski definition) is 4. The number of hydrogen-bond donors (Lipinski definition) is 0. The van der Waals surface area contributed by atoms with E-state index < -0.39 is 0 Å². The van der Waals surface area contributed by atoms with Crippen LogP contribution in [-0.2, 0) is 24.1 Å². The van der Waals surface area contributed by atoms with Crippen molar-refractivity contribution < 1.29 is 4.74 Å². The van der Waals surface area contributed by atoms with Gasteiger partial charge in [0.2, 0.25) is 0 Å². The molecule has 0 radical (unpaired) electrons. The first kappa shape index (κ1) is 12.1. The minimum Gasteiger partial charge on any atom is -0.376 e. The van der Waals surface area contributed by atoms with E-state index in [9.17, 15) is 0 Å². The minimum absolute atomic E-state index is 0.266. The molecule has 1 aliphatic rings. The summed E-state index contributed by atoms with van der Waals surface area (Å²) in [7, 11) is 0. The van der Waals surface area contributed by atoms with Crippen molar-refractivity contribution in [2.45, 2.75) is 51.7 Å². The minimum atomic E-state index is 0.266. The first-order valence-electron chi connectivity index (χ1n) is 6.25. The molecular weight excluding hydrogens is 216 g/mol. The molecule has 92 valence electrons. The third kappa shape index (κ3) is 2.83. The van der Waals surface area contributed by atoms with E-state index in [2.05, 4.69) is 23.3 Å². The van der Waals surface area contributed by atoms with Crippen LogP contribution in [0.2, 0.25) is 0 Å². The molecule has 1 fully saturated rings. The van der Waals surface area contributed by atoms with Crippen LogP contribution in [0.25, 0.3) is 0 Å². The van der Waals surface area contributed by atoms with Gasteiger partial charge in [0.05, 0.1) is 36.5 Å². The highest BCUT2D eigenvalue weighted by Crippen LogP contribution is 2.16. The normalized spacial score (nSPS) is 19.4. The molecule has 1 saturated heterocycles. The van der Waals surface area contributed by atoms with E-state index in [1.54, 1.807) is 0 Å². The quantitative estimate of drug-likeness (QED) is 0.774. The van der Waals surface area contributed by atoms with Crippen molar-refractivity contribution in [1.82, 2.24) is 15.0 Å². The fourth-order valence-electron chi connectivity index (χ4n) is 2.22. The molecule has 0 spiro atoms. The van der Waals surface area contributed by atoms with Crippen LogP contribution in [0.15, 0.2) is 0 Å². The predicted molar refractivity (Wildman–Crippen MR) is 62.3 cm³/mol. The maximum absolute atomic E-state index is 8.75. The predicted octanol–water partition coefficient (Wildman–Crippen LogP) is 1.48. The Morgan fingerprint density at radius 1 is 1.59 bits per heavy atom. The largest absolute Gasteiger partial charge is 0.376 e. The first-order chi connectivity index (χ1) is 8.35. The summed E-state index contributed by atoms with van der Waals surface area (Å²) in [6.07, 6.45) is 4.81. The van der Waals surface area contributed by atoms with Crippen molar-refractivity contribution in [3.8, 4) is 6.07 Å². The molecule has 1 aliphatic heterocycles. The van der Waals surface area contributed by atoms with E-state index in [0.29, 0.717) is 6.42 Å². The van der Waals surface area contributed by atoms with E-state index in [1.165, 1.54) is 0 Å². The van der Waals surface area contributed by atoms with Gasteiger partial charge in [-0.25, -0.2) is 4.68 Å². The molecule has 5 heteroatoms. The molecule has 1 atom stereocenters. The van der Waals surface area contributed by atoms with E-state index >= 15 is 0 Å². The lowest BCUT2D eigenvalue weighted by atomic mass is 10.1.